The minimum absolute atomic E-state index is 0. The predicted octanol–water partition coefficient (Wildman–Crippen LogP) is 2.34. The maximum Gasteiger partial charge on any atom is 0.0594 e. The Bertz CT molecular complexity index is 306. The Labute approximate surface area is 128 Å². The summed E-state index contributed by atoms with van der Waals surface area (Å²) in [5.41, 5.74) is 1.36. The highest BCUT2D eigenvalue weighted by Crippen LogP contribution is 1.99. The van der Waals surface area contributed by atoms with Gasteiger partial charge < -0.3 is 10.1 Å². The van der Waals surface area contributed by atoms with Gasteiger partial charge in [0.25, 0.3) is 0 Å². The van der Waals surface area contributed by atoms with Crippen molar-refractivity contribution in [3.63, 3.8) is 0 Å². The second kappa shape index (κ2) is 11.5. The van der Waals surface area contributed by atoms with Gasteiger partial charge in [0.2, 0.25) is 0 Å². The molecule has 1 aliphatic rings. The molecule has 5 heteroatoms. The average Bonchev–Trinajstić information content (AvgIpc) is 2.41. The molecule has 1 aliphatic heterocycles. The molecule has 0 aromatic heterocycles. The summed E-state index contributed by atoms with van der Waals surface area (Å²) in [6.45, 7) is 7.24. The number of morpholine rings is 1. The maximum absolute atomic E-state index is 5.33. The molecule has 0 radical (unpaired) electrons. The minimum atomic E-state index is 0. The molecule has 0 bridgehead atoms. The molecular formula is C14H24Cl2N2O. The van der Waals surface area contributed by atoms with Crippen LogP contribution in [0, 0.1) is 0 Å². The monoisotopic (exact) mass is 306 g/mol. The number of hydrogen-bond donors (Lipinski definition) is 1. The Kier molecular flexibility index (Phi) is 11.3. The molecule has 0 aliphatic carbocycles. The molecule has 0 amide bonds. The normalized spacial score (nSPS) is 15.4. The van der Waals surface area contributed by atoms with Crippen molar-refractivity contribution in [3.8, 4) is 0 Å². The van der Waals surface area contributed by atoms with Crippen molar-refractivity contribution in [3.05, 3.63) is 35.9 Å². The van der Waals surface area contributed by atoms with Crippen molar-refractivity contribution in [2.45, 2.75) is 13.0 Å². The van der Waals surface area contributed by atoms with E-state index in [9.17, 15) is 0 Å². The van der Waals surface area contributed by atoms with Gasteiger partial charge in [0, 0.05) is 19.6 Å². The Hall–Kier alpha value is -0.320. The number of nitrogens with one attached hydrogen (secondary N) is 1. The van der Waals surface area contributed by atoms with Crippen LogP contribution in [-0.2, 0) is 11.3 Å². The van der Waals surface area contributed by atoms with E-state index in [4.69, 9.17) is 4.74 Å². The van der Waals surface area contributed by atoms with Crippen LogP contribution < -0.4 is 5.32 Å². The highest BCUT2D eigenvalue weighted by Gasteiger charge is 2.08. The Morgan fingerprint density at radius 2 is 1.74 bits per heavy atom. The zero-order chi connectivity index (χ0) is 11.8. The quantitative estimate of drug-likeness (QED) is 0.817. The summed E-state index contributed by atoms with van der Waals surface area (Å²) in [4.78, 5) is 2.48. The molecule has 1 aromatic rings. The molecular weight excluding hydrogens is 283 g/mol. The van der Waals surface area contributed by atoms with Crippen LogP contribution >= 0.6 is 24.8 Å². The van der Waals surface area contributed by atoms with E-state index in [1.165, 1.54) is 18.5 Å². The first-order chi connectivity index (χ1) is 8.45. The standard InChI is InChI=1S/C14H22N2O.2ClH/c1-2-5-14(6-3-1)13-15-7-4-8-16-9-11-17-12-10-16;;/h1-3,5-6,15H,4,7-13H2;2*1H. The van der Waals surface area contributed by atoms with Crippen LogP contribution in [0.1, 0.15) is 12.0 Å². The topological polar surface area (TPSA) is 24.5 Å². The lowest BCUT2D eigenvalue weighted by Crippen LogP contribution is -2.37. The van der Waals surface area contributed by atoms with Gasteiger partial charge in [0.05, 0.1) is 13.2 Å². The Morgan fingerprint density at radius 3 is 2.42 bits per heavy atom. The molecule has 19 heavy (non-hydrogen) atoms. The minimum Gasteiger partial charge on any atom is -0.379 e. The van der Waals surface area contributed by atoms with Gasteiger partial charge in [-0.25, -0.2) is 0 Å². The van der Waals surface area contributed by atoms with E-state index < -0.39 is 0 Å². The summed E-state index contributed by atoms with van der Waals surface area (Å²) in [5, 5.41) is 3.48. The fourth-order valence-corrected chi connectivity index (χ4v) is 2.08. The summed E-state index contributed by atoms with van der Waals surface area (Å²) >= 11 is 0. The lowest BCUT2D eigenvalue weighted by atomic mass is 10.2. The van der Waals surface area contributed by atoms with Crippen molar-refractivity contribution in [1.82, 2.24) is 10.2 Å². The van der Waals surface area contributed by atoms with Gasteiger partial charge in [0.15, 0.2) is 0 Å². The SMILES string of the molecule is Cl.Cl.c1ccc(CNCCCN2CCOCC2)cc1. The van der Waals surface area contributed by atoms with Crippen LogP contribution in [-0.4, -0.2) is 44.3 Å². The highest BCUT2D eigenvalue weighted by molar-refractivity contribution is 5.85. The molecule has 1 fully saturated rings. The molecule has 110 valence electrons. The van der Waals surface area contributed by atoms with Crippen molar-refractivity contribution in [2.24, 2.45) is 0 Å². The van der Waals surface area contributed by atoms with Crippen LogP contribution in [0.15, 0.2) is 30.3 Å². The molecule has 3 nitrogen and oxygen atoms in total. The van der Waals surface area contributed by atoms with Gasteiger partial charge in [-0.2, -0.15) is 0 Å². The molecule has 1 heterocycles. The first kappa shape index (κ1) is 18.7. The van der Waals surface area contributed by atoms with Crippen molar-refractivity contribution >= 4 is 24.8 Å². The molecule has 0 saturated carbocycles. The van der Waals surface area contributed by atoms with E-state index in [0.717, 1.165) is 39.4 Å². The molecule has 0 atom stereocenters. The number of hydrogen-bond acceptors (Lipinski definition) is 3. The molecule has 0 spiro atoms. The second-order valence-electron chi connectivity index (χ2n) is 4.47. The van der Waals surface area contributed by atoms with E-state index in [1.54, 1.807) is 0 Å². The fourth-order valence-electron chi connectivity index (χ4n) is 2.08. The van der Waals surface area contributed by atoms with E-state index in [0.29, 0.717) is 0 Å². The Morgan fingerprint density at radius 1 is 1.05 bits per heavy atom. The van der Waals surface area contributed by atoms with E-state index >= 15 is 0 Å². The van der Waals surface area contributed by atoms with Crippen LogP contribution in [0.4, 0.5) is 0 Å². The van der Waals surface area contributed by atoms with Crippen LogP contribution in [0.3, 0.4) is 0 Å². The van der Waals surface area contributed by atoms with E-state index in [2.05, 4.69) is 40.5 Å². The van der Waals surface area contributed by atoms with Gasteiger partial charge in [0.1, 0.15) is 0 Å². The zero-order valence-electron chi connectivity index (χ0n) is 11.2. The second-order valence-corrected chi connectivity index (χ2v) is 4.47. The molecule has 0 unspecified atom stereocenters. The number of halogens is 2. The zero-order valence-corrected chi connectivity index (χ0v) is 12.8. The summed E-state index contributed by atoms with van der Waals surface area (Å²) in [7, 11) is 0. The van der Waals surface area contributed by atoms with E-state index in [-0.39, 0.29) is 24.8 Å². The average molecular weight is 307 g/mol. The third kappa shape index (κ3) is 7.75. The van der Waals surface area contributed by atoms with Gasteiger partial charge >= 0.3 is 0 Å². The smallest absolute Gasteiger partial charge is 0.0594 e. The molecule has 2 rings (SSSR count). The summed E-state index contributed by atoms with van der Waals surface area (Å²) in [5.74, 6) is 0. The summed E-state index contributed by atoms with van der Waals surface area (Å²) < 4.78 is 5.33. The third-order valence-electron chi connectivity index (χ3n) is 3.10. The molecule has 1 saturated heterocycles. The highest BCUT2D eigenvalue weighted by atomic mass is 35.5. The molecule has 1 N–H and O–H groups in total. The number of rotatable bonds is 6. The van der Waals surface area contributed by atoms with Crippen molar-refractivity contribution in [1.29, 1.82) is 0 Å². The van der Waals surface area contributed by atoms with Crippen molar-refractivity contribution in [2.75, 3.05) is 39.4 Å². The molecule has 1 aromatic carbocycles. The summed E-state index contributed by atoms with van der Waals surface area (Å²) in [6.07, 6.45) is 1.22. The number of benzene rings is 1. The lowest BCUT2D eigenvalue weighted by molar-refractivity contribution is 0.0374. The predicted molar refractivity (Wildman–Crippen MR) is 84.5 cm³/mol. The van der Waals surface area contributed by atoms with Gasteiger partial charge in [-0.1, -0.05) is 30.3 Å². The largest absolute Gasteiger partial charge is 0.379 e. The Balaban J connectivity index is 0.00000162. The van der Waals surface area contributed by atoms with E-state index in [1.807, 2.05) is 0 Å². The van der Waals surface area contributed by atoms with Gasteiger partial charge in [-0.05, 0) is 25.1 Å². The fraction of sp³-hybridized carbons (Fsp3) is 0.571. The van der Waals surface area contributed by atoms with Gasteiger partial charge in [-0.15, -0.1) is 24.8 Å². The van der Waals surface area contributed by atoms with Crippen LogP contribution in [0.25, 0.3) is 0 Å². The van der Waals surface area contributed by atoms with Gasteiger partial charge in [-0.3, -0.25) is 4.90 Å². The summed E-state index contributed by atoms with van der Waals surface area (Å²) in [6, 6.07) is 10.6. The first-order valence-corrected chi connectivity index (χ1v) is 6.50. The third-order valence-corrected chi connectivity index (χ3v) is 3.10. The van der Waals surface area contributed by atoms with Crippen molar-refractivity contribution < 1.29 is 4.74 Å². The lowest BCUT2D eigenvalue weighted by Gasteiger charge is -2.26. The first-order valence-electron chi connectivity index (χ1n) is 6.50. The number of nitrogens with zero attached hydrogens (tertiary/aromatic N) is 1. The van der Waals surface area contributed by atoms with Crippen LogP contribution in [0.5, 0.6) is 0 Å². The number of ether oxygens (including phenoxy) is 1. The maximum atomic E-state index is 5.33. The van der Waals surface area contributed by atoms with Crippen LogP contribution in [0.2, 0.25) is 0 Å².